The minimum absolute atomic E-state index is 0.201. The molecule has 2 aromatic heterocycles. The maximum atomic E-state index is 5.74. The van der Waals surface area contributed by atoms with Crippen molar-refractivity contribution in [2.75, 3.05) is 13.1 Å². The number of pyridine rings is 1. The molecule has 1 aliphatic rings. The number of piperidine rings is 1. The van der Waals surface area contributed by atoms with Crippen molar-refractivity contribution in [1.82, 2.24) is 30.1 Å². The first-order chi connectivity index (χ1) is 14.2. The van der Waals surface area contributed by atoms with Crippen LogP contribution in [0.2, 0.25) is 0 Å². The maximum Gasteiger partial charge on any atom is 0.223 e. The number of aromatic nitrogens is 5. The normalized spacial score (nSPS) is 17.6. The van der Waals surface area contributed by atoms with Gasteiger partial charge in [0.15, 0.2) is 0 Å². The maximum absolute atomic E-state index is 5.74. The number of tetrazole rings is 1. The molecule has 0 radical (unpaired) electrons. The molecule has 152 valence electrons. The first-order valence-electron chi connectivity index (χ1n) is 10.3. The fourth-order valence-corrected chi connectivity index (χ4v) is 3.80. The molecular weight excluding hydrogens is 364 g/mol. The van der Waals surface area contributed by atoms with Crippen LogP contribution in [0.1, 0.15) is 32.3 Å². The van der Waals surface area contributed by atoms with Gasteiger partial charge in [0.2, 0.25) is 5.82 Å². The van der Waals surface area contributed by atoms with Gasteiger partial charge in [-0.1, -0.05) is 18.2 Å². The SMILES string of the molecule is CC(C)Oc1ccc(CN2CCC[C@H](Cn3nnc(-c4ccccn4)n3)C2)cc1. The number of rotatable bonds is 7. The third-order valence-electron chi connectivity index (χ3n) is 5.07. The average molecular weight is 393 g/mol. The number of nitrogens with zero attached hydrogens (tertiary/aromatic N) is 6. The Kier molecular flexibility index (Phi) is 6.14. The summed E-state index contributed by atoms with van der Waals surface area (Å²) in [5.74, 6) is 2.04. The summed E-state index contributed by atoms with van der Waals surface area (Å²) in [4.78, 5) is 8.53. The van der Waals surface area contributed by atoms with Crippen molar-refractivity contribution >= 4 is 0 Å². The molecule has 0 saturated carbocycles. The van der Waals surface area contributed by atoms with Gasteiger partial charge in [-0.15, -0.1) is 10.2 Å². The summed E-state index contributed by atoms with van der Waals surface area (Å²) in [7, 11) is 0. The summed E-state index contributed by atoms with van der Waals surface area (Å²) in [5, 5.41) is 12.9. The summed E-state index contributed by atoms with van der Waals surface area (Å²) >= 11 is 0. The Morgan fingerprint density at radius 1 is 1.14 bits per heavy atom. The van der Waals surface area contributed by atoms with Gasteiger partial charge in [-0.2, -0.15) is 4.80 Å². The van der Waals surface area contributed by atoms with Gasteiger partial charge in [0.05, 0.1) is 12.6 Å². The molecule has 3 aromatic rings. The van der Waals surface area contributed by atoms with Crippen molar-refractivity contribution in [3.05, 3.63) is 54.2 Å². The second kappa shape index (κ2) is 9.13. The Hall–Kier alpha value is -2.80. The Balaban J connectivity index is 1.32. The summed E-state index contributed by atoms with van der Waals surface area (Å²) in [5.41, 5.74) is 2.08. The van der Waals surface area contributed by atoms with Crippen LogP contribution in [-0.2, 0) is 13.1 Å². The molecule has 1 aromatic carbocycles. The largest absolute Gasteiger partial charge is 0.491 e. The zero-order valence-corrected chi connectivity index (χ0v) is 17.1. The van der Waals surface area contributed by atoms with Crippen LogP contribution in [0, 0.1) is 5.92 Å². The second-order valence-corrected chi connectivity index (χ2v) is 7.94. The van der Waals surface area contributed by atoms with Crippen LogP contribution in [0.3, 0.4) is 0 Å². The fourth-order valence-electron chi connectivity index (χ4n) is 3.80. The molecule has 7 heteroatoms. The highest BCUT2D eigenvalue weighted by atomic mass is 16.5. The Bertz CT molecular complexity index is 893. The Morgan fingerprint density at radius 2 is 2.00 bits per heavy atom. The lowest BCUT2D eigenvalue weighted by atomic mass is 9.97. The Labute approximate surface area is 171 Å². The van der Waals surface area contributed by atoms with Gasteiger partial charge in [-0.25, -0.2) is 0 Å². The van der Waals surface area contributed by atoms with Crippen molar-refractivity contribution in [2.45, 2.75) is 45.9 Å². The molecule has 29 heavy (non-hydrogen) atoms. The van der Waals surface area contributed by atoms with Crippen LogP contribution in [0.15, 0.2) is 48.7 Å². The minimum Gasteiger partial charge on any atom is -0.491 e. The molecule has 0 amide bonds. The van der Waals surface area contributed by atoms with E-state index in [1.807, 2.05) is 32.0 Å². The smallest absolute Gasteiger partial charge is 0.223 e. The standard InChI is InChI=1S/C22H28N6O/c1-17(2)29-20-10-8-18(9-11-20)14-27-13-5-6-19(15-27)16-28-25-22(24-26-28)21-7-3-4-12-23-21/h3-4,7-12,17,19H,5-6,13-16H2,1-2H3/t19-/m0/s1. The summed E-state index contributed by atoms with van der Waals surface area (Å²) in [6.07, 6.45) is 4.34. The summed E-state index contributed by atoms with van der Waals surface area (Å²) in [6, 6.07) is 14.2. The van der Waals surface area contributed by atoms with E-state index in [9.17, 15) is 0 Å². The van der Waals surface area contributed by atoms with E-state index in [4.69, 9.17) is 4.74 Å². The van der Waals surface area contributed by atoms with Crippen molar-refractivity contribution < 1.29 is 4.74 Å². The molecule has 3 heterocycles. The third-order valence-corrected chi connectivity index (χ3v) is 5.07. The zero-order chi connectivity index (χ0) is 20.1. The summed E-state index contributed by atoms with van der Waals surface area (Å²) < 4.78 is 5.74. The molecule has 0 aliphatic carbocycles. The van der Waals surface area contributed by atoms with Gasteiger partial charge in [0.1, 0.15) is 11.4 Å². The fraction of sp³-hybridized carbons (Fsp3) is 0.455. The van der Waals surface area contributed by atoms with Crippen LogP contribution >= 0.6 is 0 Å². The molecular formula is C22H28N6O. The zero-order valence-electron chi connectivity index (χ0n) is 17.1. The third kappa shape index (κ3) is 5.38. The number of hydrogen-bond acceptors (Lipinski definition) is 6. The first-order valence-corrected chi connectivity index (χ1v) is 10.3. The molecule has 1 saturated heterocycles. The number of ether oxygens (including phenoxy) is 1. The van der Waals surface area contributed by atoms with E-state index in [1.54, 1.807) is 11.0 Å². The monoisotopic (exact) mass is 392 g/mol. The van der Waals surface area contributed by atoms with Crippen molar-refractivity contribution in [1.29, 1.82) is 0 Å². The van der Waals surface area contributed by atoms with Gasteiger partial charge in [-0.3, -0.25) is 9.88 Å². The number of benzene rings is 1. The van der Waals surface area contributed by atoms with E-state index in [1.165, 1.54) is 18.4 Å². The molecule has 1 atom stereocenters. The van der Waals surface area contributed by atoms with E-state index >= 15 is 0 Å². The molecule has 0 unspecified atom stereocenters. The van der Waals surface area contributed by atoms with Crippen LogP contribution in [0.4, 0.5) is 0 Å². The highest BCUT2D eigenvalue weighted by Crippen LogP contribution is 2.21. The van der Waals surface area contributed by atoms with E-state index in [0.29, 0.717) is 11.7 Å². The van der Waals surface area contributed by atoms with Crippen molar-refractivity contribution in [3.63, 3.8) is 0 Å². The predicted molar refractivity (Wildman–Crippen MR) is 111 cm³/mol. The molecule has 7 nitrogen and oxygen atoms in total. The molecule has 1 fully saturated rings. The van der Waals surface area contributed by atoms with Crippen LogP contribution in [-0.4, -0.2) is 49.3 Å². The van der Waals surface area contributed by atoms with E-state index < -0.39 is 0 Å². The lowest BCUT2D eigenvalue weighted by Gasteiger charge is -2.32. The predicted octanol–water partition coefficient (Wildman–Crippen LogP) is 3.43. The lowest BCUT2D eigenvalue weighted by Crippen LogP contribution is -2.36. The van der Waals surface area contributed by atoms with E-state index in [2.05, 4.69) is 49.6 Å². The quantitative estimate of drug-likeness (QED) is 0.614. The first kappa shape index (κ1) is 19.5. The average Bonchev–Trinajstić information content (AvgIpc) is 3.19. The van der Waals surface area contributed by atoms with E-state index in [-0.39, 0.29) is 6.10 Å². The summed E-state index contributed by atoms with van der Waals surface area (Å²) in [6.45, 7) is 8.02. The van der Waals surface area contributed by atoms with Crippen molar-refractivity contribution in [3.8, 4) is 17.3 Å². The second-order valence-electron chi connectivity index (χ2n) is 7.94. The van der Waals surface area contributed by atoms with Gasteiger partial charge < -0.3 is 4.74 Å². The van der Waals surface area contributed by atoms with Gasteiger partial charge in [0, 0.05) is 19.3 Å². The topological polar surface area (TPSA) is 69.0 Å². The van der Waals surface area contributed by atoms with Gasteiger partial charge in [-0.05, 0) is 74.2 Å². The molecule has 0 spiro atoms. The van der Waals surface area contributed by atoms with Gasteiger partial charge in [0.25, 0.3) is 0 Å². The molecule has 4 rings (SSSR count). The van der Waals surface area contributed by atoms with Crippen LogP contribution in [0.5, 0.6) is 5.75 Å². The van der Waals surface area contributed by atoms with Crippen molar-refractivity contribution in [2.24, 2.45) is 5.92 Å². The van der Waals surface area contributed by atoms with Crippen LogP contribution in [0.25, 0.3) is 11.5 Å². The number of likely N-dealkylation sites (tertiary alicyclic amines) is 1. The Morgan fingerprint density at radius 3 is 2.76 bits per heavy atom. The minimum atomic E-state index is 0.201. The highest BCUT2D eigenvalue weighted by Gasteiger charge is 2.21. The molecule has 1 aliphatic heterocycles. The van der Waals surface area contributed by atoms with Gasteiger partial charge >= 0.3 is 0 Å². The van der Waals surface area contributed by atoms with Crippen LogP contribution < -0.4 is 4.74 Å². The van der Waals surface area contributed by atoms with E-state index in [0.717, 1.165) is 37.6 Å². The molecule has 0 bridgehead atoms. The highest BCUT2D eigenvalue weighted by molar-refractivity contribution is 5.46. The lowest BCUT2D eigenvalue weighted by molar-refractivity contribution is 0.149. The number of hydrogen-bond donors (Lipinski definition) is 0. The molecule has 0 N–H and O–H groups in total.